The fraction of sp³-hybridized carbons (Fsp3) is 0.375. The van der Waals surface area contributed by atoms with E-state index in [-0.39, 0.29) is 10.7 Å². The molecule has 6 nitrogen and oxygen atoms in total. The molecule has 0 atom stereocenters. The first-order valence-corrected chi connectivity index (χ1v) is 5.99. The zero-order valence-corrected chi connectivity index (χ0v) is 9.79. The molecule has 1 aromatic heterocycles. The Kier molecular flexibility index (Phi) is 4.32. The lowest BCUT2D eigenvalue weighted by atomic mass is 10.5. The van der Waals surface area contributed by atoms with Crippen molar-refractivity contribution in [3.63, 3.8) is 0 Å². The van der Waals surface area contributed by atoms with Gasteiger partial charge in [0, 0.05) is 13.2 Å². The van der Waals surface area contributed by atoms with E-state index < -0.39 is 23.0 Å². The molecule has 1 heterocycles. The molecule has 96 valence electrons. The maximum atomic E-state index is 12.1. The highest BCUT2D eigenvalue weighted by Gasteiger charge is 2.23. The van der Waals surface area contributed by atoms with Gasteiger partial charge in [0.25, 0.3) is 6.43 Å². The topological polar surface area (TPSA) is 88.3 Å². The minimum atomic E-state index is -3.94. The summed E-state index contributed by atoms with van der Waals surface area (Å²) in [6, 6.07) is 2.57. The highest BCUT2D eigenvalue weighted by atomic mass is 32.2. The largest absolute Gasteiger partial charge is 0.308 e. The molecule has 0 unspecified atom stereocenters. The predicted molar refractivity (Wildman–Crippen MR) is 57.9 cm³/mol. The summed E-state index contributed by atoms with van der Waals surface area (Å²) in [5, 5.41) is 0. The van der Waals surface area contributed by atoms with Gasteiger partial charge in [-0.05, 0) is 12.1 Å². The van der Waals surface area contributed by atoms with Gasteiger partial charge >= 0.3 is 0 Å². The molecule has 0 bridgehead atoms. The Balaban J connectivity index is 2.96. The second kappa shape index (κ2) is 5.34. The minimum Gasteiger partial charge on any atom is -0.308 e. The van der Waals surface area contributed by atoms with E-state index in [1.54, 1.807) is 0 Å². The molecule has 0 saturated carbocycles. The molecule has 0 fully saturated rings. The fourth-order valence-corrected chi connectivity index (χ4v) is 2.19. The van der Waals surface area contributed by atoms with Gasteiger partial charge in [-0.2, -0.15) is 4.31 Å². The number of hydrogen-bond acceptors (Lipinski definition) is 5. The molecule has 0 amide bonds. The summed E-state index contributed by atoms with van der Waals surface area (Å²) < 4.78 is 48.3. The van der Waals surface area contributed by atoms with Crippen molar-refractivity contribution in [1.82, 2.24) is 9.29 Å². The Bertz CT molecular complexity index is 463. The van der Waals surface area contributed by atoms with Crippen molar-refractivity contribution in [1.29, 1.82) is 0 Å². The van der Waals surface area contributed by atoms with E-state index in [1.807, 2.05) is 0 Å². The van der Waals surface area contributed by atoms with Crippen LogP contribution in [0.2, 0.25) is 0 Å². The van der Waals surface area contributed by atoms with Gasteiger partial charge < -0.3 is 5.43 Å². The average molecular weight is 266 g/mol. The standard InChI is InChI=1S/C8H12F2N4O2S/c1-14(5-7(9)10)17(15,16)6-2-3-8(13-11)12-4-6/h2-4,7H,5,11H2,1H3,(H,12,13). The summed E-state index contributed by atoms with van der Waals surface area (Å²) in [6.07, 6.45) is -1.68. The van der Waals surface area contributed by atoms with Crippen LogP contribution in [0, 0.1) is 0 Å². The molecule has 0 saturated heterocycles. The summed E-state index contributed by atoms with van der Waals surface area (Å²) >= 11 is 0. The normalized spacial score (nSPS) is 12.1. The Labute approximate surface area is 97.5 Å². The number of sulfonamides is 1. The molecular weight excluding hydrogens is 254 g/mol. The summed E-state index contributed by atoms with van der Waals surface area (Å²) in [7, 11) is -2.86. The summed E-state index contributed by atoms with van der Waals surface area (Å²) in [5.41, 5.74) is 2.23. The van der Waals surface area contributed by atoms with Gasteiger partial charge in [0.2, 0.25) is 10.0 Å². The van der Waals surface area contributed by atoms with Gasteiger partial charge in [0.05, 0.1) is 6.54 Å². The fourth-order valence-electron chi connectivity index (χ4n) is 1.09. The molecule has 0 aliphatic carbocycles. The highest BCUT2D eigenvalue weighted by Crippen LogP contribution is 2.15. The van der Waals surface area contributed by atoms with Crippen LogP contribution < -0.4 is 11.3 Å². The number of hydrazine groups is 1. The first-order valence-electron chi connectivity index (χ1n) is 4.55. The van der Waals surface area contributed by atoms with Crippen LogP contribution in [0.15, 0.2) is 23.2 Å². The number of halogens is 2. The Morgan fingerprint density at radius 3 is 2.59 bits per heavy atom. The first-order chi connectivity index (χ1) is 7.87. The van der Waals surface area contributed by atoms with Gasteiger partial charge in [-0.1, -0.05) is 0 Å². The SMILES string of the molecule is CN(CC(F)F)S(=O)(=O)c1ccc(NN)nc1. The van der Waals surface area contributed by atoms with Crippen molar-refractivity contribution in [2.75, 3.05) is 19.0 Å². The molecule has 1 rings (SSSR count). The highest BCUT2D eigenvalue weighted by molar-refractivity contribution is 7.89. The molecule has 1 aromatic rings. The number of nitrogens with two attached hydrogens (primary N) is 1. The monoisotopic (exact) mass is 266 g/mol. The van der Waals surface area contributed by atoms with Crippen molar-refractivity contribution >= 4 is 15.8 Å². The van der Waals surface area contributed by atoms with Crippen LogP contribution in [0.1, 0.15) is 0 Å². The maximum absolute atomic E-state index is 12.1. The third-order valence-electron chi connectivity index (χ3n) is 1.99. The molecule has 0 aliphatic rings. The number of anilines is 1. The quantitative estimate of drug-likeness (QED) is 0.589. The Morgan fingerprint density at radius 1 is 1.53 bits per heavy atom. The third-order valence-corrected chi connectivity index (χ3v) is 3.79. The Hall–Kier alpha value is -1.32. The molecule has 0 aliphatic heterocycles. The van der Waals surface area contributed by atoms with Crippen molar-refractivity contribution in [3.8, 4) is 0 Å². The number of nitrogen functional groups attached to an aromatic ring is 1. The van der Waals surface area contributed by atoms with Crippen molar-refractivity contribution < 1.29 is 17.2 Å². The summed E-state index contributed by atoms with van der Waals surface area (Å²) in [5.74, 6) is 5.34. The van der Waals surface area contributed by atoms with Gasteiger partial charge in [-0.15, -0.1) is 0 Å². The smallest absolute Gasteiger partial charge is 0.252 e. The maximum Gasteiger partial charge on any atom is 0.252 e. The first kappa shape index (κ1) is 13.7. The lowest BCUT2D eigenvalue weighted by Gasteiger charge is -2.16. The van der Waals surface area contributed by atoms with Gasteiger partial charge in [0.15, 0.2) is 0 Å². The van der Waals surface area contributed by atoms with E-state index in [1.165, 1.54) is 12.1 Å². The van der Waals surface area contributed by atoms with Crippen LogP contribution in [0.25, 0.3) is 0 Å². The summed E-state index contributed by atoms with van der Waals surface area (Å²) in [4.78, 5) is 3.53. The van der Waals surface area contributed by atoms with Gasteiger partial charge in [0.1, 0.15) is 10.7 Å². The van der Waals surface area contributed by atoms with Gasteiger partial charge in [-0.25, -0.2) is 28.0 Å². The van der Waals surface area contributed by atoms with Crippen molar-refractivity contribution in [2.45, 2.75) is 11.3 Å². The number of nitrogens with one attached hydrogen (secondary N) is 1. The zero-order valence-electron chi connectivity index (χ0n) is 8.97. The third kappa shape index (κ3) is 3.32. The Morgan fingerprint density at radius 2 is 2.18 bits per heavy atom. The number of rotatable bonds is 5. The van der Waals surface area contributed by atoms with Crippen molar-refractivity contribution in [3.05, 3.63) is 18.3 Å². The van der Waals surface area contributed by atoms with Crippen LogP contribution >= 0.6 is 0 Å². The van der Waals surface area contributed by atoms with E-state index in [2.05, 4.69) is 10.4 Å². The number of hydrogen-bond donors (Lipinski definition) is 2. The van der Waals surface area contributed by atoms with Crippen LogP contribution in [-0.2, 0) is 10.0 Å². The van der Waals surface area contributed by atoms with E-state index in [0.717, 1.165) is 13.2 Å². The van der Waals surface area contributed by atoms with E-state index >= 15 is 0 Å². The lowest BCUT2D eigenvalue weighted by Crippen LogP contribution is -2.31. The number of aromatic nitrogens is 1. The van der Waals surface area contributed by atoms with Gasteiger partial charge in [-0.3, -0.25) is 0 Å². The van der Waals surface area contributed by atoms with Crippen molar-refractivity contribution in [2.24, 2.45) is 5.84 Å². The zero-order chi connectivity index (χ0) is 13.1. The van der Waals surface area contributed by atoms with Crippen LogP contribution in [0.4, 0.5) is 14.6 Å². The molecule has 0 spiro atoms. The predicted octanol–water partition coefficient (Wildman–Crippen LogP) is 0.253. The minimum absolute atomic E-state index is 0.167. The second-order valence-electron chi connectivity index (χ2n) is 3.20. The molecular formula is C8H12F2N4O2S. The number of nitrogens with zero attached hydrogens (tertiary/aromatic N) is 2. The molecule has 0 aromatic carbocycles. The van der Waals surface area contributed by atoms with E-state index in [0.29, 0.717) is 4.31 Å². The number of pyridine rings is 1. The van der Waals surface area contributed by atoms with Crippen LogP contribution in [-0.4, -0.2) is 37.7 Å². The molecule has 0 radical (unpaired) electrons. The van der Waals surface area contributed by atoms with E-state index in [4.69, 9.17) is 5.84 Å². The van der Waals surface area contributed by atoms with E-state index in [9.17, 15) is 17.2 Å². The summed E-state index contributed by atoms with van der Waals surface area (Å²) in [6.45, 7) is -0.862. The lowest BCUT2D eigenvalue weighted by molar-refractivity contribution is 0.126. The van der Waals surface area contributed by atoms with Crippen LogP contribution in [0.3, 0.4) is 0 Å². The number of alkyl halides is 2. The second-order valence-corrected chi connectivity index (χ2v) is 5.24. The average Bonchev–Trinajstić information content (AvgIpc) is 2.28. The molecule has 17 heavy (non-hydrogen) atoms. The van der Waals surface area contributed by atoms with Crippen LogP contribution in [0.5, 0.6) is 0 Å². The molecule has 9 heteroatoms. The molecule has 3 N–H and O–H groups in total.